The molecule has 1 fully saturated rings. The number of benzene rings is 1. The first-order valence-electron chi connectivity index (χ1n) is 8.24. The largest absolute Gasteiger partial charge is 0.349 e. The summed E-state index contributed by atoms with van der Waals surface area (Å²) in [6.07, 6.45) is 3.47. The summed E-state index contributed by atoms with van der Waals surface area (Å²) in [7, 11) is 0. The minimum Gasteiger partial charge on any atom is -0.349 e. The SMILES string of the molecule is Cc1cc(/C=C2/C(=O)NC(=S)N(c3ccc(Cl)c(Cl)c3)C2=O)cn1C(C)C. The number of aromatic nitrogens is 1. The summed E-state index contributed by atoms with van der Waals surface area (Å²) in [6.45, 7) is 6.10. The highest BCUT2D eigenvalue weighted by Gasteiger charge is 2.34. The number of rotatable bonds is 3. The lowest BCUT2D eigenvalue weighted by atomic mass is 10.1. The average Bonchev–Trinajstić information content (AvgIpc) is 2.95. The molecule has 1 aromatic carbocycles. The number of carbonyl (C=O) groups excluding carboxylic acids is 2. The van der Waals surface area contributed by atoms with E-state index in [-0.39, 0.29) is 21.8 Å². The van der Waals surface area contributed by atoms with Crippen LogP contribution < -0.4 is 10.2 Å². The number of carbonyl (C=O) groups is 2. The maximum atomic E-state index is 13.0. The van der Waals surface area contributed by atoms with Crippen molar-refractivity contribution >= 4 is 64.1 Å². The minimum atomic E-state index is -0.531. The molecule has 1 aliphatic heterocycles. The predicted molar refractivity (Wildman–Crippen MR) is 112 cm³/mol. The Morgan fingerprint density at radius 2 is 1.85 bits per heavy atom. The van der Waals surface area contributed by atoms with Crippen molar-refractivity contribution in [2.45, 2.75) is 26.8 Å². The van der Waals surface area contributed by atoms with Crippen LogP contribution in [0.5, 0.6) is 0 Å². The summed E-state index contributed by atoms with van der Waals surface area (Å²) in [5.41, 5.74) is 2.23. The quantitative estimate of drug-likeness (QED) is 0.450. The molecule has 0 saturated carbocycles. The van der Waals surface area contributed by atoms with Gasteiger partial charge in [0.15, 0.2) is 5.11 Å². The molecule has 0 radical (unpaired) electrons. The maximum Gasteiger partial charge on any atom is 0.270 e. The van der Waals surface area contributed by atoms with Gasteiger partial charge in [0.05, 0.1) is 15.7 Å². The van der Waals surface area contributed by atoms with Crippen molar-refractivity contribution in [2.75, 3.05) is 4.90 Å². The summed E-state index contributed by atoms with van der Waals surface area (Å²) >= 11 is 17.2. The summed E-state index contributed by atoms with van der Waals surface area (Å²) in [6, 6.07) is 6.91. The smallest absolute Gasteiger partial charge is 0.270 e. The van der Waals surface area contributed by atoms with Crippen molar-refractivity contribution in [1.82, 2.24) is 9.88 Å². The Labute approximate surface area is 172 Å². The fourth-order valence-corrected chi connectivity index (χ4v) is 3.51. The molecule has 2 aromatic rings. The molecule has 140 valence electrons. The van der Waals surface area contributed by atoms with Gasteiger partial charge in [0.2, 0.25) is 0 Å². The van der Waals surface area contributed by atoms with Crippen molar-refractivity contribution in [3.63, 3.8) is 0 Å². The van der Waals surface area contributed by atoms with Crippen LogP contribution in [0.25, 0.3) is 6.08 Å². The molecule has 27 heavy (non-hydrogen) atoms. The number of aryl methyl sites for hydroxylation is 1. The van der Waals surface area contributed by atoms with E-state index in [0.717, 1.165) is 11.3 Å². The number of nitrogens with one attached hydrogen (secondary N) is 1. The van der Waals surface area contributed by atoms with E-state index in [1.807, 2.05) is 19.2 Å². The standard InChI is InChI=1S/C19H17Cl2N3O2S/c1-10(2)23-9-12(6-11(23)3)7-14-17(25)22-19(27)24(18(14)26)13-4-5-15(20)16(21)8-13/h4-10H,1-3H3,(H,22,25,27)/b14-7-. The lowest BCUT2D eigenvalue weighted by Crippen LogP contribution is -2.54. The number of hydrogen-bond acceptors (Lipinski definition) is 3. The molecule has 5 nitrogen and oxygen atoms in total. The van der Waals surface area contributed by atoms with Crippen LogP contribution in [0.4, 0.5) is 5.69 Å². The highest BCUT2D eigenvalue weighted by atomic mass is 35.5. The molecule has 1 saturated heterocycles. The van der Waals surface area contributed by atoms with Crippen LogP contribution >= 0.6 is 35.4 Å². The van der Waals surface area contributed by atoms with Gasteiger partial charge in [-0.05, 0) is 68.9 Å². The van der Waals surface area contributed by atoms with E-state index in [1.54, 1.807) is 18.2 Å². The van der Waals surface area contributed by atoms with Crippen LogP contribution in [0.1, 0.15) is 31.1 Å². The van der Waals surface area contributed by atoms with Gasteiger partial charge in [-0.2, -0.15) is 0 Å². The van der Waals surface area contributed by atoms with E-state index in [4.69, 9.17) is 35.4 Å². The molecule has 1 aliphatic rings. The molecule has 0 bridgehead atoms. The van der Waals surface area contributed by atoms with Crippen molar-refractivity contribution in [3.05, 3.63) is 57.3 Å². The first kappa shape index (κ1) is 19.6. The van der Waals surface area contributed by atoms with Crippen LogP contribution in [-0.2, 0) is 9.59 Å². The first-order valence-corrected chi connectivity index (χ1v) is 9.40. The van der Waals surface area contributed by atoms with Crippen molar-refractivity contribution in [2.24, 2.45) is 0 Å². The van der Waals surface area contributed by atoms with E-state index < -0.39 is 11.8 Å². The number of thiocarbonyl (C=S) groups is 1. The molecule has 1 aromatic heterocycles. The van der Waals surface area contributed by atoms with Crippen molar-refractivity contribution in [3.8, 4) is 0 Å². The number of halogens is 2. The Hall–Kier alpha value is -2.15. The van der Waals surface area contributed by atoms with Crippen LogP contribution in [0.3, 0.4) is 0 Å². The lowest BCUT2D eigenvalue weighted by molar-refractivity contribution is -0.122. The van der Waals surface area contributed by atoms with E-state index in [0.29, 0.717) is 10.7 Å². The molecule has 3 rings (SSSR count). The van der Waals surface area contributed by atoms with Gasteiger partial charge >= 0.3 is 0 Å². The summed E-state index contributed by atoms with van der Waals surface area (Å²) in [4.78, 5) is 26.6. The van der Waals surface area contributed by atoms with Gasteiger partial charge in [-0.3, -0.25) is 19.8 Å². The van der Waals surface area contributed by atoms with Gasteiger partial charge in [-0.1, -0.05) is 23.2 Å². The number of hydrogen-bond donors (Lipinski definition) is 1. The fraction of sp³-hybridized carbons (Fsp3) is 0.211. The summed E-state index contributed by atoms with van der Waals surface area (Å²) in [5.74, 6) is -1.05. The third kappa shape index (κ3) is 3.78. The first-order chi connectivity index (χ1) is 12.7. The second-order valence-corrected chi connectivity index (χ2v) is 7.67. The zero-order valence-corrected chi connectivity index (χ0v) is 17.2. The minimum absolute atomic E-state index is 0.00327. The van der Waals surface area contributed by atoms with Gasteiger partial charge < -0.3 is 4.57 Å². The molecule has 0 aliphatic carbocycles. The van der Waals surface area contributed by atoms with E-state index >= 15 is 0 Å². The van der Waals surface area contributed by atoms with Gasteiger partial charge in [0.1, 0.15) is 5.57 Å². The second-order valence-electron chi connectivity index (χ2n) is 6.47. The van der Waals surface area contributed by atoms with Gasteiger partial charge in [-0.25, -0.2) is 0 Å². The van der Waals surface area contributed by atoms with Crippen molar-refractivity contribution < 1.29 is 9.59 Å². The Kier molecular flexibility index (Phi) is 5.42. The Bertz CT molecular complexity index is 995. The third-order valence-electron chi connectivity index (χ3n) is 4.20. The highest BCUT2D eigenvalue weighted by molar-refractivity contribution is 7.80. The summed E-state index contributed by atoms with van der Waals surface area (Å²) < 4.78 is 2.07. The molecular formula is C19H17Cl2N3O2S. The van der Waals surface area contributed by atoms with Gasteiger partial charge in [-0.15, -0.1) is 0 Å². The normalized spacial score (nSPS) is 16.4. The molecule has 2 heterocycles. The average molecular weight is 422 g/mol. The lowest BCUT2D eigenvalue weighted by Gasteiger charge is -2.29. The second kappa shape index (κ2) is 7.46. The number of nitrogens with zero attached hydrogens (tertiary/aromatic N) is 2. The van der Waals surface area contributed by atoms with Crippen LogP contribution in [0, 0.1) is 6.92 Å². The summed E-state index contributed by atoms with van der Waals surface area (Å²) in [5, 5.41) is 3.20. The highest BCUT2D eigenvalue weighted by Crippen LogP contribution is 2.29. The molecule has 1 N–H and O–H groups in total. The fourth-order valence-electron chi connectivity index (χ4n) is 2.93. The predicted octanol–water partition coefficient (Wildman–Crippen LogP) is 4.52. The zero-order valence-electron chi connectivity index (χ0n) is 14.9. The zero-order chi connectivity index (χ0) is 19.9. The van der Waals surface area contributed by atoms with Crippen molar-refractivity contribution in [1.29, 1.82) is 0 Å². The maximum absolute atomic E-state index is 13.0. The Morgan fingerprint density at radius 1 is 1.15 bits per heavy atom. The van der Waals surface area contributed by atoms with Gasteiger partial charge in [0.25, 0.3) is 11.8 Å². The molecule has 2 amide bonds. The molecule has 0 spiro atoms. The number of amides is 2. The van der Waals surface area contributed by atoms with E-state index in [2.05, 4.69) is 23.7 Å². The Morgan fingerprint density at radius 3 is 2.44 bits per heavy atom. The Balaban J connectivity index is 2.02. The monoisotopic (exact) mass is 421 g/mol. The van der Waals surface area contributed by atoms with Crippen LogP contribution in [0.15, 0.2) is 36.0 Å². The van der Waals surface area contributed by atoms with Gasteiger partial charge in [0, 0.05) is 17.9 Å². The molecular weight excluding hydrogens is 405 g/mol. The van der Waals surface area contributed by atoms with Crippen LogP contribution in [-0.4, -0.2) is 21.5 Å². The molecule has 8 heteroatoms. The molecule has 0 atom stereocenters. The topological polar surface area (TPSA) is 54.3 Å². The van der Waals surface area contributed by atoms with E-state index in [9.17, 15) is 9.59 Å². The van der Waals surface area contributed by atoms with Crippen LogP contribution in [0.2, 0.25) is 10.0 Å². The molecule has 0 unspecified atom stereocenters. The van der Waals surface area contributed by atoms with E-state index in [1.165, 1.54) is 11.0 Å². The third-order valence-corrected chi connectivity index (χ3v) is 5.23. The number of anilines is 1.